The first-order chi connectivity index (χ1) is 14.2. The summed E-state index contributed by atoms with van der Waals surface area (Å²) in [6.45, 7) is 2.27. The van der Waals surface area contributed by atoms with Crippen molar-refractivity contribution in [3.63, 3.8) is 0 Å². The molecule has 1 aliphatic carbocycles. The predicted octanol–water partition coefficient (Wildman–Crippen LogP) is 4.27. The van der Waals surface area contributed by atoms with Gasteiger partial charge in [0.2, 0.25) is 12.2 Å². The topological polar surface area (TPSA) is 102 Å². The second kappa shape index (κ2) is 7.20. The Kier molecular flexibility index (Phi) is 4.38. The van der Waals surface area contributed by atoms with Gasteiger partial charge in [-0.1, -0.05) is 24.9 Å². The molecule has 1 aromatic carbocycles. The Hall–Kier alpha value is -3.42. The van der Waals surface area contributed by atoms with Crippen LogP contribution in [0.4, 0.5) is 11.5 Å². The van der Waals surface area contributed by atoms with Crippen LogP contribution in [0, 0.1) is 5.92 Å². The number of pyridine rings is 1. The van der Waals surface area contributed by atoms with E-state index in [0.29, 0.717) is 29.0 Å². The smallest absolute Gasteiger partial charge is 0.261 e. The molecule has 3 heterocycles. The average molecular weight is 390 g/mol. The van der Waals surface area contributed by atoms with E-state index in [4.69, 9.17) is 9.62 Å². The van der Waals surface area contributed by atoms with Gasteiger partial charge in [-0.05, 0) is 49.1 Å². The van der Waals surface area contributed by atoms with Gasteiger partial charge in [0.05, 0.1) is 11.6 Å². The first-order valence-electron chi connectivity index (χ1n) is 9.94. The highest BCUT2D eigenvalue weighted by molar-refractivity contribution is 5.91. The summed E-state index contributed by atoms with van der Waals surface area (Å²) in [7, 11) is 0. The molecule has 1 saturated carbocycles. The van der Waals surface area contributed by atoms with E-state index in [9.17, 15) is 4.79 Å². The molecule has 0 radical (unpaired) electrons. The number of fused-ring (bicyclic) bond motifs is 1. The monoisotopic (exact) mass is 390 g/mol. The number of hydrogen-bond donors (Lipinski definition) is 2. The van der Waals surface area contributed by atoms with Gasteiger partial charge < -0.3 is 14.8 Å². The van der Waals surface area contributed by atoms with Gasteiger partial charge >= 0.3 is 0 Å². The van der Waals surface area contributed by atoms with Crippen molar-refractivity contribution in [1.82, 2.24) is 24.9 Å². The number of aromatic nitrogens is 5. The molecule has 4 aromatic rings. The van der Waals surface area contributed by atoms with Crippen molar-refractivity contribution in [2.45, 2.75) is 38.6 Å². The quantitative estimate of drug-likeness (QED) is 0.540. The van der Waals surface area contributed by atoms with E-state index in [1.165, 1.54) is 25.7 Å². The molecule has 0 bridgehead atoms. The zero-order chi connectivity index (χ0) is 19.8. The molecule has 8 nitrogen and oxygen atoms in total. The molecule has 0 aliphatic heterocycles. The Morgan fingerprint density at radius 2 is 2.00 bits per heavy atom. The lowest BCUT2D eigenvalue weighted by atomic mass is 9.86. The van der Waals surface area contributed by atoms with Gasteiger partial charge in [-0.25, -0.2) is 0 Å². The Labute approximate surface area is 166 Å². The number of nitrogens with zero attached hydrogens (tertiary/aromatic N) is 4. The molecule has 8 heteroatoms. The van der Waals surface area contributed by atoms with E-state index in [1.807, 2.05) is 35.0 Å². The largest absolute Gasteiger partial charge is 0.342 e. The molecule has 1 aliphatic rings. The van der Waals surface area contributed by atoms with Gasteiger partial charge in [0, 0.05) is 17.4 Å². The molecule has 0 amide bonds. The fraction of sp³-hybridized carbons (Fsp3) is 0.333. The first-order valence-corrected chi connectivity index (χ1v) is 9.94. The van der Waals surface area contributed by atoms with Crippen LogP contribution in [0.15, 0.2) is 52.2 Å². The maximum Gasteiger partial charge on any atom is 0.261 e. The molecule has 0 spiro atoms. The van der Waals surface area contributed by atoms with Gasteiger partial charge in [-0.15, -0.1) is 0 Å². The molecule has 1 fully saturated rings. The lowest BCUT2D eigenvalue weighted by molar-refractivity contribution is 0.246. The van der Waals surface area contributed by atoms with Crippen molar-refractivity contribution in [3.8, 4) is 11.4 Å². The lowest BCUT2D eigenvalue weighted by Gasteiger charge is -2.29. The highest BCUT2D eigenvalue weighted by Gasteiger charge is 2.27. The number of nitrogens with one attached hydrogen (secondary N) is 2. The minimum atomic E-state index is -0.136. The van der Waals surface area contributed by atoms with Gasteiger partial charge in [-0.3, -0.25) is 9.48 Å². The summed E-state index contributed by atoms with van der Waals surface area (Å²) in [6, 6.07) is 9.88. The Morgan fingerprint density at radius 3 is 2.76 bits per heavy atom. The summed E-state index contributed by atoms with van der Waals surface area (Å²) in [6.07, 6.45) is 7.73. The number of rotatable bonds is 4. The van der Waals surface area contributed by atoms with E-state index in [0.717, 1.165) is 23.2 Å². The van der Waals surface area contributed by atoms with Crippen LogP contribution in [-0.4, -0.2) is 24.9 Å². The third kappa shape index (κ3) is 3.20. The van der Waals surface area contributed by atoms with Crippen LogP contribution in [0.25, 0.3) is 22.3 Å². The van der Waals surface area contributed by atoms with Crippen molar-refractivity contribution < 1.29 is 4.52 Å². The summed E-state index contributed by atoms with van der Waals surface area (Å²) < 4.78 is 6.84. The summed E-state index contributed by atoms with van der Waals surface area (Å²) in [5, 5.41) is 12.6. The summed E-state index contributed by atoms with van der Waals surface area (Å²) in [4.78, 5) is 19.4. The van der Waals surface area contributed by atoms with Gasteiger partial charge in [0.1, 0.15) is 5.39 Å². The maximum atomic E-state index is 12.6. The highest BCUT2D eigenvalue weighted by Crippen LogP contribution is 2.36. The van der Waals surface area contributed by atoms with Crippen LogP contribution >= 0.6 is 0 Å². The fourth-order valence-electron chi connectivity index (χ4n) is 4.24. The van der Waals surface area contributed by atoms with Crippen molar-refractivity contribution in [3.05, 3.63) is 53.3 Å². The Bertz CT molecular complexity index is 1180. The van der Waals surface area contributed by atoms with Gasteiger partial charge in [0.25, 0.3) is 5.56 Å². The van der Waals surface area contributed by atoms with Crippen molar-refractivity contribution in [2.24, 2.45) is 5.92 Å². The molecule has 2 N–H and O–H groups in total. The summed E-state index contributed by atoms with van der Waals surface area (Å²) in [5.41, 5.74) is 2.43. The number of anilines is 2. The van der Waals surface area contributed by atoms with E-state index in [2.05, 4.69) is 27.4 Å². The maximum absolute atomic E-state index is 12.6. The molecule has 2 atom stereocenters. The van der Waals surface area contributed by atoms with E-state index >= 15 is 0 Å². The molecule has 148 valence electrons. The van der Waals surface area contributed by atoms with Crippen molar-refractivity contribution in [1.29, 1.82) is 0 Å². The van der Waals surface area contributed by atoms with E-state index < -0.39 is 0 Å². The van der Waals surface area contributed by atoms with E-state index in [1.54, 1.807) is 6.20 Å². The minimum absolute atomic E-state index is 0.136. The second-order valence-electron chi connectivity index (χ2n) is 7.65. The van der Waals surface area contributed by atoms with Gasteiger partial charge in [0.15, 0.2) is 5.82 Å². The highest BCUT2D eigenvalue weighted by atomic mass is 16.5. The number of hydrogen-bond acceptors (Lipinski definition) is 6. The predicted molar refractivity (Wildman–Crippen MR) is 110 cm³/mol. The zero-order valence-corrected chi connectivity index (χ0v) is 16.1. The molecule has 1 unspecified atom stereocenters. The average Bonchev–Trinajstić information content (AvgIpc) is 3.39. The number of benzene rings is 1. The number of aromatic amines is 1. The van der Waals surface area contributed by atoms with Crippen LogP contribution in [0.3, 0.4) is 0 Å². The SMILES string of the molecule is C[C@H]1CCCCC1n1nc(Nc2ccc(-c3ncon3)cc2)c2c(=O)[nH]ccc21. The van der Waals surface area contributed by atoms with Crippen LogP contribution in [-0.2, 0) is 0 Å². The number of H-pyrrole nitrogens is 1. The third-order valence-corrected chi connectivity index (χ3v) is 5.78. The fourth-order valence-corrected chi connectivity index (χ4v) is 4.24. The molecular formula is C21H22N6O2. The van der Waals surface area contributed by atoms with Crippen LogP contribution in [0.2, 0.25) is 0 Å². The Morgan fingerprint density at radius 1 is 1.17 bits per heavy atom. The molecule has 5 rings (SSSR count). The van der Waals surface area contributed by atoms with Crippen molar-refractivity contribution in [2.75, 3.05) is 5.32 Å². The molecular weight excluding hydrogens is 368 g/mol. The van der Waals surface area contributed by atoms with Crippen LogP contribution < -0.4 is 10.9 Å². The lowest BCUT2D eigenvalue weighted by Crippen LogP contribution is -2.22. The normalized spacial score (nSPS) is 19.5. The van der Waals surface area contributed by atoms with Crippen molar-refractivity contribution >= 4 is 22.4 Å². The standard InChI is InChI=1S/C21H22N6O2/c1-13-4-2-3-5-16(13)27-17-10-11-22-21(28)18(17)20(25-27)24-15-8-6-14(7-9-15)19-23-12-29-26-19/h6-13,16H,2-5H2,1H3,(H,22,28)(H,24,25)/t13-,16?/m0/s1. The molecule has 0 saturated heterocycles. The Balaban J connectivity index is 1.52. The van der Waals surface area contributed by atoms with Crippen LogP contribution in [0.1, 0.15) is 38.6 Å². The van der Waals surface area contributed by atoms with Crippen LogP contribution in [0.5, 0.6) is 0 Å². The third-order valence-electron chi connectivity index (χ3n) is 5.78. The molecule has 29 heavy (non-hydrogen) atoms. The first kappa shape index (κ1) is 17.7. The minimum Gasteiger partial charge on any atom is -0.342 e. The zero-order valence-electron chi connectivity index (χ0n) is 16.1. The second-order valence-corrected chi connectivity index (χ2v) is 7.65. The summed E-state index contributed by atoms with van der Waals surface area (Å²) in [5.74, 6) is 1.65. The summed E-state index contributed by atoms with van der Waals surface area (Å²) >= 11 is 0. The van der Waals surface area contributed by atoms with Gasteiger partial charge in [-0.2, -0.15) is 10.1 Å². The van der Waals surface area contributed by atoms with E-state index in [-0.39, 0.29) is 5.56 Å². The molecule has 3 aromatic heterocycles.